The van der Waals surface area contributed by atoms with Crippen molar-refractivity contribution in [3.63, 3.8) is 0 Å². The molecular weight excluding hydrogens is 533 g/mol. The van der Waals surface area contributed by atoms with E-state index in [-0.39, 0.29) is 30.2 Å². The fourth-order valence-corrected chi connectivity index (χ4v) is 5.85. The molecule has 1 aliphatic heterocycles. The van der Waals surface area contributed by atoms with Gasteiger partial charge in [-0.25, -0.2) is 14.8 Å². The monoisotopic (exact) mass is 568 g/mol. The van der Waals surface area contributed by atoms with E-state index < -0.39 is 18.8 Å². The summed E-state index contributed by atoms with van der Waals surface area (Å²) in [5.41, 5.74) is 4.80. The third-order valence-corrected chi connectivity index (χ3v) is 8.00. The van der Waals surface area contributed by atoms with Crippen LogP contribution < -0.4 is 5.32 Å². The van der Waals surface area contributed by atoms with E-state index in [0.717, 1.165) is 24.1 Å². The molecule has 11 heteroatoms. The van der Waals surface area contributed by atoms with Crippen LogP contribution in [0.1, 0.15) is 67.6 Å². The van der Waals surface area contributed by atoms with Crippen LogP contribution in [0.3, 0.4) is 0 Å². The van der Waals surface area contributed by atoms with E-state index in [1.807, 2.05) is 41.8 Å². The van der Waals surface area contributed by atoms with Crippen molar-refractivity contribution in [3.8, 4) is 0 Å². The zero-order valence-electron chi connectivity index (χ0n) is 23.7. The van der Waals surface area contributed by atoms with Crippen molar-refractivity contribution in [2.24, 2.45) is 11.8 Å². The lowest BCUT2D eigenvalue weighted by molar-refractivity contribution is -0.123. The lowest BCUT2D eigenvalue weighted by Crippen LogP contribution is -2.42. The predicted molar refractivity (Wildman–Crippen MR) is 150 cm³/mol. The van der Waals surface area contributed by atoms with Gasteiger partial charge in [0.1, 0.15) is 6.54 Å². The molecule has 4 heterocycles. The van der Waals surface area contributed by atoms with E-state index >= 15 is 0 Å². The van der Waals surface area contributed by atoms with E-state index in [9.17, 15) is 22.8 Å². The predicted octanol–water partition coefficient (Wildman–Crippen LogP) is 6.02. The zero-order valence-corrected chi connectivity index (χ0v) is 23.7. The normalized spacial score (nSPS) is 18.5. The molecule has 218 valence electrons. The first-order chi connectivity index (χ1) is 19.5. The SMILES string of the molecule is CC[C@@H]1CN(C(=O)NCC(F)(F)F)C[C@@H]1c1cnc2cnc3c(ccn3C(=O)[C@H](C)c3ccc(CC(C)C)cc3)n12. The van der Waals surface area contributed by atoms with Gasteiger partial charge in [-0.1, -0.05) is 51.5 Å². The molecule has 1 N–H and O–H groups in total. The fourth-order valence-electron chi connectivity index (χ4n) is 5.85. The lowest BCUT2D eigenvalue weighted by atomic mass is 9.91. The molecule has 0 spiro atoms. The van der Waals surface area contributed by atoms with E-state index in [1.54, 1.807) is 23.2 Å². The van der Waals surface area contributed by atoms with Gasteiger partial charge < -0.3 is 10.2 Å². The second-order valence-corrected chi connectivity index (χ2v) is 11.4. The van der Waals surface area contributed by atoms with Gasteiger partial charge in [0.05, 0.1) is 17.6 Å². The number of carbonyl (C=O) groups is 2. The quantitative estimate of drug-likeness (QED) is 0.295. The Morgan fingerprint density at radius 3 is 2.44 bits per heavy atom. The minimum Gasteiger partial charge on any atom is -0.329 e. The largest absolute Gasteiger partial charge is 0.405 e. The number of urea groups is 1. The smallest absolute Gasteiger partial charge is 0.329 e. The minimum atomic E-state index is -4.47. The summed E-state index contributed by atoms with van der Waals surface area (Å²) in [4.78, 5) is 36.6. The van der Waals surface area contributed by atoms with Crippen LogP contribution in [0, 0.1) is 11.8 Å². The average Bonchev–Trinajstić information content (AvgIpc) is 3.66. The number of hydrogen-bond acceptors (Lipinski definition) is 4. The van der Waals surface area contributed by atoms with Gasteiger partial charge >= 0.3 is 12.2 Å². The van der Waals surface area contributed by atoms with E-state index in [0.29, 0.717) is 29.3 Å². The molecule has 0 bridgehead atoms. The van der Waals surface area contributed by atoms with Gasteiger partial charge in [-0.05, 0) is 42.4 Å². The van der Waals surface area contributed by atoms with Crippen molar-refractivity contribution < 1.29 is 22.8 Å². The van der Waals surface area contributed by atoms with E-state index in [2.05, 4.69) is 35.9 Å². The average molecular weight is 569 g/mol. The Balaban J connectivity index is 1.42. The fraction of sp³-hybridized carbons (Fsp3) is 0.467. The van der Waals surface area contributed by atoms with Crippen LogP contribution in [0.25, 0.3) is 16.8 Å². The van der Waals surface area contributed by atoms with Crippen LogP contribution in [0.5, 0.6) is 0 Å². The number of carbonyl (C=O) groups excluding carboxylic acids is 2. The van der Waals surface area contributed by atoms with Crippen molar-refractivity contribution in [2.45, 2.75) is 58.5 Å². The molecule has 0 aliphatic carbocycles. The number of benzene rings is 1. The molecule has 5 rings (SSSR count). The first-order valence-corrected chi connectivity index (χ1v) is 14.0. The number of amides is 2. The number of likely N-dealkylation sites (tertiary alicyclic amines) is 1. The third-order valence-electron chi connectivity index (χ3n) is 8.00. The topological polar surface area (TPSA) is 84.5 Å². The second kappa shape index (κ2) is 11.2. The first-order valence-electron chi connectivity index (χ1n) is 14.0. The Hall–Kier alpha value is -3.89. The summed E-state index contributed by atoms with van der Waals surface area (Å²) < 4.78 is 41.5. The van der Waals surface area contributed by atoms with Gasteiger partial charge in [-0.3, -0.25) is 13.8 Å². The lowest BCUT2D eigenvalue weighted by Gasteiger charge is -2.18. The van der Waals surface area contributed by atoms with Gasteiger partial charge in [0, 0.05) is 37.1 Å². The summed E-state index contributed by atoms with van der Waals surface area (Å²) in [6, 6.07) is 9.27. The van der Waals surface area contributed by atoms with Gasteiger partial charge in [-0.2, -0.15) is 13.2 Å². The summed E-state index contributed by atoms with van der Waals surface area (Å²) in [6.07, 6.45) is 2.32. The number of aromatic nitrogens is 4. The van der Waals surface area contributed by atoms with Crippen molar-refractivity contribution >= 4 is 28.7 Å². The number of imidazole rings is 1. The van der Waals surface area contributed by atoms with Crippen molar-refractivity contribution in [3.05, 3.63) is 65.7 Å². The van der Waals surface area contributed by atoms with Crippen molar-refractivity contribution in [2.75, 3.05) is 19.6 Å². The molecule has 1 aromatic carbocycles. The minimum absolute atomic E-state index is 0.0390. The molecule has 1 saturated heterocycles. The standard InChI is InChI=1S/C30H35F3N6O2/c1-5-21-15-37(29(41)36-17-30(31,32)33)16-23(21)25-13-34-26-14-35-27-24(39(25)26)10-11-38(27)28(40)19(4)22-8-6-20(7-9-22)12-18(2)3/h6-11,13-14,18-19,21,23H,5,12,15-17H2,1-4H3,(H,36,41)/t19-,21-,23+/m1/s1. The molecule has 8 nitrogen and oxygen atoms in total. The van der Waals surface area contributed by atoms with Gasteiger partial charge in [0.2, 0.25) is 5.91 Å². The number of hydrogen-bond donors (Lipinski definition) is 1. The zero-order chi connectivity index (χ0) is 29.5. The number of nitrogens with one attached hydrogen (secondary N) is 1. The van der Waals surface area contributed by atoms with Crippen LogP contribution in [-0.2, 0) is 6.42 Å². The number of alkyl halides is 3. The molecular formula is C30H35F3N6O2. The van der Waals surface area contributed by atoms with Crippen molar-refractivity contribution in [1.29, 1.82) is 0 Å². The molecule has 3 atom stereocenters. The highest BCUT2D eigenvalue weighted by Crippen LogP contribution is 2.36. The highest BCUT2D eigenvalue weighted by atomic mass is 19.4. The molecule has 1 aliphatic rings. The Morgan fingerprint density at radius 1 is 1.05 bits per heavy atom. The summed E-state index contributed by atoms with van der Waals surface area (Å²) >= 11 is 0. The van der Waals surface area contributed by atoms with Gasteiger partial charge in [0.15, 0.2) is 11.3 Å². The van der Waals surface area contributed by atoms with Crippen LogP contribution in [0.2, 0.25) is 0 Å². The molecule has 41 heavy (non-hydrogen) atoms. The maximum atomic E-state index is 13.6. The number of rotatable bonds is 7. The Labute approximate surface area is 236 Å². The van der Waals surface area contributed by atoms with Crippen LogP contribution in [0.15, 0.2) is 48.9 Å². The maximum absolute atomic E-state index is 13.6. The van der Waals surface area contributed by atoms with E-state index in [4.69, 9.17) is 0 Å². The Kier molecular flexibility index (Phi) is 7.80. The highest BCUT2D eigenvalue weighted by molar-refractivity contribution is 5.93. The Bertz CT molecular complexity index is 1560. The number of halogens is 3. The second-order valence-electron chi connectivity index (χ2n) is 11.4. The summed E-state index contributed by atoms with van der Waals surface area (Å²) in [6.45, 7) is 7.48. The molecule has 0 unspecified atom stereocenters. The summed E-state index contributed by atoms with van der Waals surface area (Å²) in [5, 5.41) is 1.98. The van der Waals surface area contributed by atoms with Gasteiger partial charge in [-0.15, -0.1) is 0 Å². The Morgan fingerprint density at radius 2 is 1.78 bits per heavy atom. The maximum Gasteiger partial charge on any atom is 0.405 e. The van der Waals surface area contributed by atoms with E-state index in [1.165, 1.54) is 10.5 Å². The molecule has 2 amide bonds. The third kappa shape index (κ3) is 5.80. The molecule has 0 saturated carbocycles. The molecule has 0 radical (unpaired) electrons. The van der Waals surface area contributed by atoms with Gasteiger partial charge in [0.25, 0.3) is 0 Å². The van der Waals surface area contributed by atoms with Crippen LogP contribution in [-0.4, -0.2) is 61.6 Å². The van der Waals surface area contributed by atoms with Crippen LogP contribution in [0.4, 0.5) is 18.0 Å². The summed E-state index contributed by atoms with van der Waals surface area (Å²) in [7, 11) is 0. The number of fused-ring (bicyclic) bond motifs is 3. The summed E-state index contributed by atoms with van der Waals surface area (Å²) in [5.74, 6) is -0.0447. The number of nitrogens with zero attached hydrogens (tertiary/aromatic N) is 5. The van der Waals surface area contributed by atoms with Crippen molar-refractivity contribution in [1.82, 2.24) is 29.2 Å². The highest BCUT2D eigenvalue weighted by Gasteiger charge is 2.38. The molecule has 1 fully saturated rings. The first kappa shape index (κ1) is 28.6. The molecule has 4 aromatic rings. The molecule has 3 aromatic heterocycles. The van der Waals surface area contributed by atoms with Crippen LogP contribution >= 0.6 is 0 Å².